The predicted molar refractivity (Wildman–Crippen MR) is 86.5 cm³/mol. The van der Waals surface area contributed by atoms with Crippen molar-refractivity contribution in [2.24, 2.45) is 17.6 Å². The summed E-state index contributed by atoms with van der Waals surface area (Å²) in [6, 6.07) is -0.929. The number of rotatable bonds is 7. The number of nitrogens with one attached hydrogen (secondary N) is 2. The van der Waals surface area contributed by atoms with Crippen molar-refractivity contribution in [1.29, 1.82) is 0 Å². The summed E-state index contributed by atoms with van der Waals surface area (Å²) in [6.07, 6.45) is 3.25. The minimum atomic E-state index is -0.999. The van der Waals surface area contributed by atoms with Gasteiger partial charge in [0.25, 0.3) is 0 Å². The monoisotopic (exact) mass is 327 g/mol. The molecule has 1 fully saturated rings. The van der Waals surface area contributed by atoms with Crippen LogP contribution in [0.4, 0.5) is 4.79 Å². The highest BCUT2D eigenvalue weighted by Gasteiger charge is 2.28. The van der Waals surface area contributed by atoms with Crippen LogP contribution in [0, 0.1) is 11.8 Å². The molecule has 7 nitrogen and oxygen atoms in total. The van der Waals surface area contributed by atoms with Crippen molar-refractivity contribution >= 4 is 17.9 Å². The standard InChI is InChI=1S/C16H29N3O4/c1-10(2)9-23-16(22)19-13(8-14(17)20)15(21)18-12-7-5-4-6-11(12)3/h10-13H,4-9H2,1-3H3,(H2,17,20)(H,18,21)(H,19,22)/t11-,12-,13+/m0/s1. The average Bonchev–Trinajstić information content (AvgIpc) is 2.46. The molecule has 0 saturated heterocycles. The molecule has 132 valence electrons. The summed E-state index contributed by atoms with van der Waals surface area (Å²) < 4.78 is 4.99. The normalized spacial score (nSPS) is 22.3. The zero-order valence-corrected chi connectivity index (χ0v) is 14.3. The fraction of sp³-hybridized carbons (Fsp3) is 0.812. The van der Waals surface area contributed by atoms with Crippen LogP contribution in [-0.2, 0) is 14.3 Å². The van der Waals surface area contributed by atoms with Gasteiger partial charge in [0.05, 0.1) is 13.0 Å². The van der Waals surface area contributed by atoms with E-state index in [9.17, 15) is 14.4 Å². The maximum atomic E-state index is 12.4. The lowest BCUT2D eigenvalue weighted by atomic mass is 9.86. The summed E-state index contributed by atoms with van der Waals surface area (Å²) >= 11 is 0. The SMILES string of the molecule is CC(C)COC(=O)N[C@H](CC(N)=O)C(=O)N[C@H]1CCCC[C@@H]1C. The van der Waals surface area contributed by atoms with Crippen LogP contribution in [0.2, 0.25) is 0 Å². The number of carbonyl (C=O) groups excluding carboxylic acids is 3. The summed E-state index contributed by atoms with van der Waals surface area (Å²) in [6.45, 7) is 6.16. The fourth-order valence-corrected chi connectivity index (χ4v) is 2.65. The van der Waals surface area contributed by atoms with E-state index in [1.165, 1.54) is 0 Å². The molecule has 0 aliphatic heterocycles. The van der Waals surface area contributed by atoms with Gasteiger partial charge in [-0.15, -0.1) is 0 Å². The number of hydrogen-bond donors (Lipinski definition) is 3. The molecule has 23 heavy (non-hydrogen) atoms. The third kappa shape index (κ3) is 7.34. The van der Waals surface area contributed by atoms with Crippen LogP contribution < -0.4 is 16.4 Å². The first-order chi connectivity index (χ1) is 10.8. The largest absolute Gasteiger partial charge is 0.449 e. The molecule has 0 aromatic rings. The van der Waals surface area contributed by atoms with Crippen molar-refractivity contribution in [3.63, 3.8) is 0 Å². The van der Waals surface area contributed by atoms with Gasteiger partial charge in [0, 0.05) is 6.04 Å². The molecule has 0 bridgehead atoms. The van der Waals surface area contributed by atoms with E-state index in [0.29, 0.717) is 5.92 Å². The third-order valence-corrected chi connectivity index (χ3v) is 4.00. The van der Waals surface area contributed by atoms with E-state index in [2.05, 4.69) is 17.6 Å². The minimum absolute atomic E-state index is 0.0695. The Bertz CT molecular complexity index is 426. The number of nitrogens with two attached hydrogens (primary N) is 1. The van der Waals surface area contributed by atoms with Gasteiger partial charge >= 0.3 is 6.09 Å². The summed E-state index contributed by atoms with van der Waals surface area (Å²) in [4.78, 5) is 35.3. The van der Waals surface area contributed by atoms with Gasteiger partial charge in [0.1, 0.15) is 6.04 Å². The second-order valence-electron chi connectivity index (χ2n) is 6.74. The van der Waals surface area contributed by atoms with Crippen LogP contribution in [0.5, 0.6) is 0 Å². The molecule has 7 heteroatoms. The molecule has 0 spiro atoms. The Kier molecular flexibility index (Phi) is 7.85. The fourth-order valence-electron chi connectivity index (χ4n) is 2.65. The first-order valence-electron chi connectivity index (χ1n) is 8.31. The molecule has 1 aliphatic carbocycles. The molecular weight excluding hydrogens is 298 g/mol. The van der Waals surface area contributed by atoms with Crippen molar-refractivity contribution in [2.45, 2.75) is 65.0 Å². The highest BCUT2D eigenvalue weighted by molar-refractivity contribution is 5.90. The lowest BCUT2D eigenvalue weighted by molar-refractivity contribution is -0.128. The Morgan fingerprint density at radius 2 is 1.87 bits per heavy atom. The average molecular weight is 327 g/mol. The number of amides is 3. The van der Waals surface area contributed by atoms with Gasteiger partial charge in [0.2, 0.25) is 11.8 Å². The molecule has 0 unspecified atom stereocenters. The smallest absolute Gasteiger partial charge is 0.407 e. The van der Waals surface area contributed by atoms with Crippen LogP contribution in [-0.4, -0.2) is 36.6 Å². The molecule has 3 atom stereocenters. The number of hydrogen-bond acceptors (Lipinski definition) is 4. The molecule has 1 saturated carbocycles. The summed E-state index contributed by atoms with van der Waals surface area (Å²) in [5.41, 5.74) is 5.18. The highest BCUT2D eigenvalue weighted by atomic mass is 16.5. The molecule has 3 amide bonds. The Morgan fingerprint density at radius 1 is 1.22 bits per heavy atom. The summed E-state index contributed by atoms with van der Waals surface area (Å²) in [5, 5.41) is 5.36. The Balaban J connectivity index is 2.59. The first-order valence-corrected chi connectivity index (χ1v) is 8.31. The topological polar surface area (TPSA) is 111 Å². The number of ether oxygens (including phenoxy) is 1. The van der Waals surface area contributed by atoms with E-state index in [1.54, 1.807) is 0 Å². The maximum Gasteiger partial charge on any atom is 0.407 e. The maximum absolute atomic E-state index is 12.4. The molecule has 0 aromatic carbocycles. The van der Waals surface area contributed by atoms with Gasteiger partial charge in [-0.25, -0.2) is 4.79 Å². The van der Waals surface area contributed by atoms with E-state index in [-0.39, 0.29) is 30.9 Å². The van der Waals surface area contributed by atoms with E-state index in [1.807, 2.05) is 13.8 Å². The Labute approximate surface area is 137 Å². The molecule has 0 heterocycles. The second-order valence-corrected chi connectivity index (χ2v) is 6.74. The molecule has 1 rings (SSSR count). The van der Waals surface area contributed by atoms with Crippen molar-refractivity contribution in [1.82, 2.24) is 10.6 Å². The van der Waals surface area contributed by atoms with Gasteiger partial charge in [-0.3, -0.25) is 9.59 Å². The lowest BCUT2D eigenvalue weighted by Crippen LogP contribution is -2.52. The number of alkyl carbamates (subject to hydrolysis) is 1. The molecular formula is C16H29N3O4. The number of primary amides is 1. The van der Waals surface area contributed by atoms with Gasteiger partial charge in [-0.05, 0) is 24.7 Å². The Hall–Kier alpha value is -1.79. The highest BCUT2D eigenvalue weighted by Crippen LogP contribution is 2.23. The van der Waals surface area contributed by atoms with Crippen molar-refractivity contribution in [3.8, 4) is 0 Å². The van der Waals surface area contributed by atoms with Crippen LogP contribution in [0.3, 0.4) is 0 Å². The van der Waals surface area contributed by atoms with Crippen LogP contribution in [0.15, 0.2) is 0 Å². The van der Waals surface area contributed by atoms with Crippen LogP contribution in [0.25, 0.3) is 0 Å². The molecule has 0 aromatic heterocycles. The quantitative estimate of drug-likeness (QED) is 0.654. The lowest BCUT2D eigenvalue weighted by Gasteiger charge is -2.31. The van der Waals surface area contributed by atoms with Crippen molar-refractivity contribution in [3.05, 3.63) is 0 Å². The van der Waals surface area contributed by atoms with E-state index in [4.69, 9.17) is 10.5 Å². The van der Waals surface area contributed by atoms with Crippen molar-refractivity contribution < 1.29 is 19.1 Å². The first kappa shape index (κ1) is 19.3. The Morgan fingerprint density at radius 3 is 2.43 bits per heavy atom. The molecule has 0 radical (unpaired) electrons. The second kappa shape index (κ2) is 9.37. The van der Waals surface area contributed by atoms with Gasteiger partial charge in [-0.1, -0.05) is 33.6 Å². The van der Waals surface area contributed by atoms with E-state index >= 15 is 0 Å². The summed E-state index contributed by atoms with van der Waals surface area (Å²) in [7, 11) is 0. The zero-order valence-electron chi connectivity index (χ0n) is 14.3. The van der Waals surface area contributed by atoms with E-state index in [0.717, 1.165) is 25.7 Å². The zero-order chi connectivity index (χ0) is 17.4. The van der Waals surface area contributed by atoms with Crippen LogP contribution >= 0.6 is 0 Å². The summed E-state index contributed by atoms with van der Waals surface area (Å²) in [5.74, 6) is -0.461. The third-order valence-electron chi connectivity index (χ3n) is 4.00. The predicted octanol–water partition coefficient (Wildman–Crippen LogP) is 1.31. The van der Waals surface area contributed by atoms with E-state index < -0.39 is 18.0 Å². The van der Waals surface area contributed by atoms with Crippen LogP contribution in [0.1, 0.15) is 52.9 Å². The van der Waals surface area contributed by atoms with Gasteiger partial charge in [-0.2, -0.15) is 0 Å². The number of carbonyl (C=O) groups is 3. The minimum Gasteiger partial charge on any atom is -0.449 e. The molecule has 4 N–H and O–H groups in total. The van der Waals surface area contributed by atoms with Gasteiger partial charge < -0.3 is 21.1 Å². The van der Waals surface area contributed by atoms with Crippen molar-refractivity contribution in [2.75, 3.05) is 6.61 Å². The molecule has 1 aliphatic rings. The van der Waals surface area contributed by atoms with Gasteiger partial charge in [0.15, 0.2) is 0 Å².